The lowest BCUT2D eigenvalue weighted by molar-refractivity contribution is -0.158. The van der Waals surface area contributed by atoms with Gasteiger partial charge in [0, 0.05) is 19.6 Å². The molecule has 0 saturated carbocycles. The smallest absolute Gasteiger partial charge is 0.312 e. The van der Waals surface area contributed by atoms with Crippen molar-refractivity contribution < 1.29 is 14.3 Å². The van der Waals surface area contributed by atoms with E-state index in [9.17, 15) is 4.79 Å². The maximum Gasteiger partial charge on any atom is 0.312 e. The van der Waals surface area contributed by atoms with Gasteiger partial charge >= 0.3 is 5.97 Å². The number of esters is 1. The van der Waals surface area contributed by atoms with Gasteiger partial charge in [0.25, 0.3) is 0 Å². The van der Waals surface area contributed by atoms with Crippen LogP contribution in [-0.2, 0) is 14.3 Å². The van der Waals surface area contributed by atoms with Gasteiger partial charge in [-0.3, -0.25) is 9.69 Å². The summed E-state index contributed by atoms with van der Waals surface area (Å²) in [5.74, 6) is -0.158. The molecule has 1 saturated heterocycles. The molecule has 0 spiro atoms. The molecule has 0 aromatic rings. The van der Waals surface area contributed by atoms with Crippen LogP contribution in [0, 0.1) is 5.41 Å². The van der Waals surface area contributed by atoms with Crippen molar-refractivity contribution in [3.63, 3.8) is 0 Å². The number of nitrogens with zero attached hydrogens (tertiary/aromatic N) is 1. The van der Waals surface area contributed by atoms with Crippen LogP contribution in [0.15, 0.2) is 0 Å². The lowest BCUT2D eigenvalue weighted by Gasteiger charge is -2.43. The third-order valence-corrected chi connectivity index (χ3v) is 3.00. The van der Waals surface area contributed by atoms with Crippen LogP contribution in [0.2, 0.25) is 0 Å². The first kappa shape index (κ1) is 14.5. The average molecular weight is 243 g/mol. The first-order valence-corrected chi connectivity index (χ1v) is 6.15. The van der Waals surface area contributed by atoms with Crippen LogP contribution in [0.1, 0.15) is 34.6 Å². The topological polar surface area (TPSA) is 38.8 Å². The number of hydrogen-bond acceptors (Lipinski definition) is 4. The van der Waals surface area contributed by atoms with Crippen LogP contribution in [-0.4, -0.2) is 49.3 Å². The minimum Gasteiger partial charge on any atom is -0.469 e. The number of rotatable bonds is 3. The zero-order valence-corrected chi connectivity index (χ0v) is 11.9. The first-order chi connectivity index (χ1) is 7.66. The van der Waals surface area contributed by atoms with Gasteiger partial charge in [-0.1, -0.05) is 0 Å². The fraction of sp³-hybridized carbons (Fsp3) is 0.923. The molecule has 0 radical (unpaired) electrons. The van der Waals surface area contributed by atoms with Crippen molar-refractivity contribution in [1.29, 1.82) is 0 Å². The minimum absolute atomic E-state index is 0.149. The van der Waals surface area contributed by atoms with Crippen LogP contribution in [0.5, 0.6) is 0 Å². The van der Waals surface area contributed by atoms with Crippen LogP contribution in [0.3, 0.4) is 0 Å². The molecule has 0 bridgehead atoms. The number of carbonyl (C=O) groups excluding carboxylic acids is 1. The molecule has 0 aromatic carbocycles. The van der Waals surface area contributed by atoms with Gasteiger partial charge in [0.2, 0.25) is 0 Å². The van der Waals surface area contributed by atoms with E-state index >= 15 is 0 Å². The van der Waals surface area contributed by atoms with E-state index in [1.165, 1.54) is 7.11 Å². The Morgan fingerprint density at radius 2 is 2.12 bits per heavy atom. The van der Waals surface area contributed by atoms with Crippen LogP contribution in [0.25, 0.3) is 0 Å². The molecule has 0 amide bonds. The molecule has 1 rings (SSSR count). The molecule has 0 N–H and O–H groups in total. The molecule has 4 heteroatoms. The van der Waals surface area contributed by atoms with Crippen molar-refractivity contribution in [2.24, 2.45) is 5.41 Å². The van der Waals surface area contributed by atoms with Crippen molar-refractivity contribution in [3.05, 3.63) is 0 Å². The summed E-state index contributed by atoms with van der Waals surface area (Å²) in [6, 6.07) is 0. The maximum atomic E-state index is 11.7. The van der Waals surface area contributed by atoms with Gasteiger partial charge in [0.1, 0.15) is 0 Å². The molecule has 1 aliphatic heterocycles. The van der Waals surface area contributed by atoms with Crippen LogP contribution in [0.4, 0.5) is 0 Å². The summed E-state index contributed by atoms with van der Waals surface area (Å²) in [4.78, 5) is 14.0. The SMILES string of the molecule is COC(=O)C(C)(C)CN1CC(C)OC(C)(C)C1. The second-order valence-electron chi connectivity index (χ2n) is 6.23. The summed E-state index contributed by atoms with van der Waals surface area (Å²) >= 11 is 0. The van der Waals surface area contributed by atoms with E-state index < -0.39 is 5.41 Å². The highest BCUT2D eigenvalue weighted by molar-refractivity contribution is 5.76. The molecule has 1 fully saturated rings. The number of ether oxygens (including phenoxy) is 2. The molecule has 4 nitrogen and oxygen atoms in total. The van der Waals surface area contributed by atoms with Gasteiger partial charge in [-0.05, 0) is 34.6 Å². The molecule has 0 aliphatic carbocycles. The molecule has 1 unspecified atom stereocenters. The van der Waals surface area contributed by atoms with Gasteiger partial charge in [-0.2, -0.15) is 0 Å². The van der Waals surface area contributed by atoms with E-state index in [1.54, 1.807) is 0 Å². The lowest BCUT2D eigenvalue weighted by atomic mass is 9.91. The molecule has 1 atom stereocenters. The second-order valence-corrected chi connectivity index (χ2v) is 6.23. The monoisotopic (exact) mass is 243 g/mol. The normalized spacial score (nSPS) is 25.6. The van der Waals surface area contributed by atoms with Crippen LogP contribution < -0.4 is 0 Å². The molecular formula is C13H25NO3. The minimum atomic E-state index is -0.470. The zero-order valence-electron chi connectivity index (χ0n) is 11.9. The average Bonchev–Trinajstić information content (AvgIpc) is 2.11. The Morgan fingerprint density at radius 3 is 2.59 bits per heavy atom. The van der Waals surface area contributed by atoms with Crippen molar-refractivity contribution in [2.75, 3.05) is 26.7 Å². The Morgan fingerprint density at radius 1 is 1.53 bits per heavy atom. The Kier molecular flexibility index (Phi) is 4.20. The number of methoxy groups -OCH3 is 1. The van der Waals surface area contributed by atoms with E-state index in [4.69, 9.17) is 9.47 Å². The van der Waals surface area contributed by atoms with E-state index in [0.29, 0.717) is 6.54 Å². The third kappa shape index (κ3) is 3.96. The summed E-state index contributed by atoms with van der Waals surface area (Å²) in [5.41, 5.74) is -0.619. The third-order valence-electron chi connectivity index (χ3n) is 3.00. The predicted molar refractivity (Wildman–Crippen MR) is 66.9 cm³/mol. The highest BCUT2D eigenvalue weighted by atomic mass is 16.5. The summed E-state index contributed by atoms with van der Waals surface area (Å²) in [7, 11) is 1.44. The zero-order chi connectivity index (χ0) is 13.3. The Labute approximate surface area is 104 Å². The van der Waals surface area contributed by atoms with E-state index in [1.807, 2.05) is 13.8 Å². The van der Waals surface area contributed by atoms with Crippen molar-refractivity contribution in [3.8, 4) is 0 Å². The van der Waals surface area contributed by atoms with Crippen molar-refractivity contribution in [1.82, 2.24) is 4.90 Å². The molecular weight excluding hydrogens is 218 g/mol. The number of morpholine rings is 1. The molecule has 100 valence electrons. The Balaban J connectivity index is 2.65. The van der Waals surface area contributed by atoms with Gasteiger partial charge in [0.15, 0.2) is 0 Å². The molecule has 1 aliphatic rings. The lowest BCUT2D eigenvalue weighted by Crippen LogP contribution is -2.54. The quantitative estimate of drug-likeness (QED) is 0.707. The molecule has 0 aromatic heterocycles. The Bertz CT molecular complexity index is 286. The number of hydrogen-bond donors (Lipinski definition) is 0. The second kappa shape index (κ2) is 4.94. The standard InChI is InChI=1S/C13H25NO3/c1-10-7-14(9-13(4,5)17-10)8-12(2,3)11(15)16-6/h10H,7-9H2,1-6H3. The van der Waals surface area contributed by atoms with Crippen molar-refractivity contribution in [2.45, 2.75) is 46.3 Å². The highest BCUT2D eigenvalue weighted by Crippen LogP contribution is 2.25. The summed E-state index contributed by atoms with van der Waals surface area (Å²) in [5, 5.41) is 0. The van der Waals surface area contributed by atoms with Gasteiger partial charge in [-0.25, -0.2) is 0 Å². The fourth-order valence-electron chi connectivity index (χ4n) is 2.61. The number of carbonyl (C=O) groups is 1. The van der Waals surface area contributed by atoms with Crippen LogP contribution >= 0.6 is 0 Å². The molecule has 17 heavy (non-hydrogen) atoms. The predicted octanol–water partition coefficient (Wildman–Crippen LogP) is 1.68. The first-order valence-electron chi connectivity index (χ1n) is 6.15. The summed E-state index contributed by atoms with van der Waals surface area (Å²) < 4.78 is 10.7. The van der Waals surface area contributed by atoms with Gasteiger partial charge < -0.3 is 9.47 Å². The summed E-state index contributed by atoms with van der Waals surface area (Å²) in [6.07, 6.45) is 0.201. The molecule has 1 heterocycles. The van der Waals surface area contributed by atoms with E-state index in [0.717, 1.165) is 13.1 Å². The Hall–Kier alpha value is -0.610. The van der Waals surface area contributed by atoms with Crippen molar-refractivity contribution >= 4 is 5.97 Å². The largest absolute Gasteiger partial charge is 0.469 e. The van der Waals surface area contributed by atoms with E-state index in [-0.39, 0.29) is 17.7 Å². The maximum absolute atomic E-state index is 11.7. The highest BCUT2D eigenvalue weighted by Gasteiger charge is 2.37. The van der Waals surface area contributed by atoms with Gasteiger partial charge in [-0.15, -0.1) is 0 Å². The van der Waals surface area contributed by atoms with E-state index in [2.05, 4.69) is 25.7 Å². The summed E-state index contributed by atoms with van der Waals surface area (Å²) in [6.45, 7) is 12.5. The van der Waals surface area contributed by atoms with Gasteiger partial charge in [0.05, 0.1) is 24.2 Å². The fourth-order valence-corrected chi connectivity index (χ4v) is 2.61.